The van der Waals surface area contributed by atoms with E-state index in [1.807, 2.05) is 18.2 Å². The molecule has 3 aromatic rings. The van der Waals surface area contributed by atoms with Crippen molar-refractivity contribution in [3.63, 3.8) is 0 Å². The van der Waals surface area contributed by atoms with Crippen LogP contribution in [0.3, 0.4) is 0 Å². The highest BCUT2D eigenvalue weighted by molar-refractivity contribution is 5.80. The lowest BCUT2D eigenvalue weighted by Gasteiger charge is -2.14. The summed E-state index contributed by atoms with van der Waals surface area (Å²) in [6.45, 7) is 1.74. The zero-order valence-corrected chi connectivity index (χ0v) is 13.5. The smallest absolute Gasteiger partial charge is 0.138 e. The maximum atomic E-state index is 5.59. The fourth-order valence-electron chi connectivity index (χ4n) is 2.62. The first-order chi connectivity index (χ1) is 11.3. The lowest BCUT2D eigenvalue weighted by atomic mass is 10.1. The van der Waals surface area contributed by atoms with Gasteiger partial charge < -0.3 is 9.15 Å². The van der Waals surface area contributed by atoms with E-state index in [2.05, 4.69) is 54.4 Å². The maximum absolute atomic E-state index is 5.59. The van der Waals surface area contributed by atoms with Gasteiger partial charge in [-0.3, -0.25) is 4.90 Å². The van der Waals surface area contributed by atoms with Crippen molar-refractivity contribution in [2.24, 2.45) is 0 Å². The van der Waals surface area contributed by atoms with Crippen molar-refractivity contribution in [1.82, 2.24) is 4.90 Å². The number of rotatable bonds is 6. The Kier molecular flexibility index (Phi) is 4.79. The minimum Gasteiger partial charge on any atom is -0.497 e. The van der Waals surface area contributed by atoms with Crippen LogP contribution < -0.4 is 4.74 Å². The van der Waals surface area contributed by atoms with Crippen LogP contribution in [0.4, 0.5) is 0 Å². The molecule has 0 saturated heterocycles. The Morgan fingerprint density at radius 2 is 1.91 bits per heavy atom. The zero-order chi connectivity index (χ0) is 16.1. The van der Waals surface area contributed by atoms with E-state index in [1.165, 1.54) is 11.1 Å². The quantitative estimate of drug-likeness (QED) is 0.666. The predicted molar refractivity (Wildman–Crippen MR) is 94.6 cm³/mol. The molecule has 0 aliphatic rings. The van der Waals surface area contributed by atoms with Crippen molar-refractivity contribution < 1.29 is 9.15 Å². The van der Waals surface area contributed by atoms with Crippen molar-refractivity contribution in [3.05, 3.63) is 72.0 Å². The Morgan fingerprint density at radius 3 is 2.70 bits per heavy atom. The summed E-state index contributed by atoms with van der Waals surface area (Å²) in [6.07, 6.45) is 6.05. The molecule has 0 atom stereocenters. The molecule has 0 aliphatic carbocycles. The number of ether oxygens (including phenoxy) is 1. The third-order valence-corrected chi connectivity index (χ3v) is 3.84. The minimum atomic E-state index is 0.859. The number of fused-ring (bicyclic) bond motifs is 1. The summed E-state index contributed by atoms with van der Waals surface area (Å²) in [5.74, 6) is 0.880. The van der Waals surface area contributed by atoms with E-state index in [-0.39, 0.29) is 0 Å². The summed E-state index contributed by atoms with van der Waals surface area (Å²) >= 11 is 0. The van der Waals surface area contributed by atoms with Crippen molar-refractivity contribution >= 4 is 17.0 Å². The number of benzene rings is 2. The summed E-state index contributed by atoms with van der Waals surface area (Å²) in [5.41, 5.74) is 3.37. The van der Waals surface area contributed by atoms with Gasteiger partial charge in [-0.1, -0.05) is 42.5 Å². The van der Waals surface area contributed by atoms with Gasteiger partial charge in [-0.25, -0.2) is 0 Å². The SMILES string of the molecule is COc1ccc(/C=C/CN(C)Cc2cccc3ccoc23)cc1. The van der Waals surface area contributed by atoms with Crippen LogP contribution >= 0.6 is 0 Å². The molecule has 2 aromatic carbocycles. The van der Waals surface area contributed by atoms with E-state index < -0.39 is 0 Å². The fraction of sp³-hybridized carbons (Fsp3) is 0.200. The highest BCUT2D eigenvalue weighted by Gasteiger charge is 2.05. The summed E-state index contributed by atoms with van der Waals surface area (Å²) in [4.78, 5) is 2.26. The van der Waals surface area contributed by atoms with Crippen LogP contribution in [0.5, 0.6) is 5.75 Å². The maximum Gasteiger partial charge on any atom is 0.138 e. The van der Waals surface area contributed by atoms with Gasteiger partial charge in [0.1, 0.15) is 11.3 Å². The molecule has 0 radical (unpaired) electrons. The van der Waals surface area contributed by atoms with Crippen LogP contribution in [0.2, 0.25) is 0 Å². The molecular formula is C20H21NO2. The second-order valence-corrected chi connectivity index (χ2v) is 5.63. The number of likely N-dealkylation sites (N-methyl/N-ethyl adjacent to an activating group) is 1. The fourth-order valence-corrected chi connectivity index (χ4v) is 2.62. The van der Waals surface area contributed by atoms with Crippen LogP contribution in [0.25, 0.3) is 17.0 Å². The van der Waals surface area contributed by atoms with Gasteiger partial charge in [0.15, 0.2) is 0 Å². The number of para-hydroxylation sites is 1. The second kappa shape index (κ2) is 7.16. The first-order valence-corrected chi connectivity index (χ1v) is 7.70. The van der Waals surface area contributed by atoms with Gasteiger partial charge in [0, 0.05) is 24.0 Å². The van der Waals surface area contributed by atoms with Gasteiger partial charge in [-0.05, 0) is 30.8 Å². The standard InChI is InChI=1S/C20H21NO2/c1-21(13-4-5-16-8-10-19(22-2)11-9-16)15-18-7-3-6-17-12-14-23-20(17)18/h3-12,14H,13,15H2,1-2H3/b5-4+. The topological polar surface area (TPSA) is 25.6 Å². The third-order valence-electron chi connectivity index (χ3n) is 3.84. The van der Waals surface area contributed by atoms with Gasteiger partial charge in [0.25, 0.3) is 0 Å². The van der Waals surface area contributed by atoms with Gasteiger partial charge in [0.2, 0.25) is 0 Å². The molecule has 0 bridgehead atoms. The minimum absolute atomic E-state index is 0.859. The van der Waals surface area contributed by atoms with Gasteiger partial charge in [-0.2, -0.15) is 0 Å². The normalized spacial score (nSPS) is 11.6. The first-order valence-electron chi connectivity index (χ1n) is 7.70. The monoisotopic (exact) mass is 307 g/mol. The molecule has 3 rings (SSSR count). The zero-order valence-electron chi connectivity index (χ0n) is 13.5. The van der Waals surface area contributed by atoms with Crippen LogP contribution in [-0.4, -0.2) is 25.6 Å². The lowest BCUT2D eigenvalue weighted by molar-refractivity contribution is 0.363. The van der Waals surface area contributed by atoms with Gasteiger partial charge in [0.05, 0.1) is 13.4 Å². The largest absolute Gasteiger partial charge is 0.497 e. The highest BCUT2D eigenvalue weighted by Crippen LogP contribution is 2.20. The second-order valence-electron chi connectivity index (χ2n) is 5.63. The molecule has 0 N–H and O–H groups in total. The van der Waals surface area contributed by atoms with Gasteiger partial charge >= 0.3 is 0 Å². The summed E-state index contributed by atoms with van der Waals surface area (Å²) in [7, 11) is 3.79. The van der Waals surface area contributed by atoms with Crippen molar-refractivity contribution in [2.75, 3.05) is 20.7 Å². The van der Waals surface area contributed by atoms with E-state index in [4.69, 9.17) is 9.15 Å². The van der Waals surface area contributed by atoms with E-state index in [0.29, 0.717) is 0 Å². The lowest BCUT2D eigenvalue weighted by Crippen LogP contribution is -2.17. The van der Waals surface area contributed by atoms with Crippen molar-refractivity contribution in [3.8, 4) is 5.75 Å². The summed E-state index contributed by atoms with van der Waals surface area (Å²) in [6, 6.07) is 16.3. The molecule has 3 nitrogen and oxygen atoms in total. The van der Waals surface area contributed by atoms with Crippen molar-refractivity contribution in [1.29, 1.82) is 0 Å². The molecule has 1 aromatic heterocycles. The Morgan fingerprint density at radius 1 is 1.09 bits per heavy atom. The van der Waals surface area contributed by atoms with E-state index >= 15 is 0 Å². The molecule has 3 heteroatoms. The molecule has 0 unspecified atom stereocenters. The molecule has 1 heterocycles. The van der Waals surface area contributed by atoms with Crippen LogP contribution in [0, 0.1) is 0 Å². The average molecular weight is 307 g/mol. The number of methoxy groups -OCH3 is 1. The van der Waals surface area contributed by atoms with E-state index in [9.17, 15) is 0 Å². The Bertz CT molecular complexity index is 787. The van der Waals surface area contributed by atoms with Crippen LogP contribution in [0.15, 0.2) is 65.3 Å². The molecule has 23 heavy (non-hydrogen) atoms. The molecule has 0 aliphatic heterocycles. The molecule has 0 amide bonds. The Hall–Kier alpha value is -2.52. The Balaban J connectivity index is 1.59. The number of furan rings is 1. The van der Waals surface area contributed by atoms with E-state index in [1.54, 1.807) is 13.4 Å². The number of hydrogen-bond donors (Lipinski definition) is 0. The highest BCUT2D eigenvalue weighted by atomic mass is 16.5. The molecule has 0 spiro atoms. The summed E-state index contributed by atoms with van der Waals surface area (Å²) in [5, 5.41) is 1.16. The number of nitrogens with zero attached hydrogens (tertiary/aromatic N) is 1. The Labute approximate surface area is 136 Å². The average Bonchev–Trinajstić information content (AvgIpc) is 3.05. The van der Waals surface area contributed by atoms with Gasteiger partial charge in [-0.15, -0.1) is 0 Å². The number of hydrogen-bond acceptors (Lipinski definition) is 3. The first kappa shape index (κ1) is 15.4. The molecule has 0 fully saturated rings. The van der Waals surface area contributed by atoms with Crippen molar-refractivity contribution in [2.45, 2.75) is 6.54 Å². The van der Waals surface area contributed by atoms with Crippen LogP contribution in [-0.2, 0) is 6.54 Å². The third kappa shape index (κ3) is 3.82. The predicted octanol–water partition coefficient (Wildman–Crippen LogP) is 4.59. The summed E-state index contributed by atoms with van der Waals surface area (Å²) < 4.78 is 10.8. The molecular weight excluding hydrogens is 286 g/mol. The van der Waals surface area contributed by atoms with E-state index in [0.717, 1.165) is 29.8 Å². The van der Waals surface area contributed by atoms with Crippen LogP contribution in [0.1, 0.15) is 11.1 Å². The molecule has 118 valence electrons. The molecule has 0 saturated carbocycles.